The van der Waals surface area contributed by atoms with Crippen molar-refractivity contribution < 1.29 is 18.3 Å². The smallest absolute Gasteiger partial charge is 0.277 e. The molecule has 1 aromatic heterocycles. The molecule has 8 heteroatoms. The molecule has 4 rings (SSSR count). The second-order valence-corrected chi connectivity index (χ2v) is 8.19. The van der Waals surface area contributed by atoms with Gasteiger partial charge in [-0.15, -0.1) is 10.2 Å². The fourth-order valence-corrected chi connectivity index (χ4v) is 3.91. The number of benzene rings is 3. The average molecular weight is 452 g/mol. The number of thioether (sulfide) groups is 1. The number of aromatic nitrogens is 2. The van der Waals surface area contributed by atoms with Gasteiger partial charge in [-0.1, -0.05) is 54.2 Å². The third-order valence-electron chi connectivity index (χ3n) is 4.89. The number of halogens is 1. The second-order valence-electron chi connectivity index (χ2n) is 7.27. The van der Waals surface area contributed by atoms with E-state index in [1.807, 2.05) is 31.2 Å². The van der Waals surface area contributed by atoms with Gasteiger partial charge < -0.3 is 14.5 Å². The molecule has 0 saturated carbocycles. The zero-order chi connectivity index (χ0) is 22.5. The van der Waals surface area contributed by atoms with Crippen molar-refractivity contribution in [1.29, 1.82) is 0 Å². The third kappa shape index (κ3) is 5.26. The minimum atomic E-state index is -0.512. The molecule has 0 radical (unpaired) electrons. The number of fused-ring (bicyclic) bond motifs is 1. The summed E-state index contributed by atoms with van der Waals surface area (Å²) >= 11 is 1.16. The molecule has 0 aliphatic rings. The van der Waals surface area contributed by atoms with E-state index in [2.05, 4.69) is 33.7 Å². The molecular formula is C24H22FN3O3S. The van der Waals surface area contributed by atoms with Crippen molar-refractivity contribution in [3.63, 3.8) is 0 Å². The Hall–Kier alpha value is -3.39. The SMILES string of the molecule is C[C@H](NC(=O)CSc1nnc([C@H](C)Oc2ccc(F)cc2)o1)c1cccc2ccccc12. The molecule has 0 bridgehead atoms. The molecule has 0 saturated heterocycles. The summed E-state index contributed by atoms with van der Waals surface area (Å²) in [6, 6.07) is 19.7. The van der Waals surface area contributed by atoms with Gasteiger partial charge in [0.1, 0.15) is 11.6 Å². The van der Waals surface area contributed by atoms with Crippen molar-refractivity contribution >= 4 is 28.4 Å². The zero-order valence-corrected chi connectivity index (χ0v) is 18.4. The summed E-state index contributed by atoms with van der Waals surface area (Å²) in [4.78, 5) is 12.5. The Balaban J connectivity index is 1.31. The van der Waals surface area contributed by atoms with Gasteiger partial charge in [0.05, 0.1) is 11.8 Å². The Morgan fingerprint density at radius 3 is 2.62 bits per heavy atom. The summed E-state index contributed by atoms with van der Waals surface area (Å²) < 4.78 is 24.3. The van der Waals surface area contributed by atoms with Gasteiger partial charge in [-0.3, -0.25) is 4.79 Å². The van der Waals surface area contributed by atoms with E-state index in [4.69, 9.17) is 9.15 Å². The van der Waals surface area contributed by atoms with Gasteiger partial charge in [-0.2, -0.15) is 0 Å². The predicted molar refractivity (Wildman–Crippen MR) is 121 cm³/mol. The van der Waals surface area contributed by atoms with E-state index in [1.165, 1.54) is 24.3 Å². The lowest BCUT2D eigenvalue weighted by Crippen LogP contribution is -2.28. The highest BCUT2D eigenvalue weighted by Gasteiger charge is 2.18. The summed E-state index contributed by atoms with van der Waals surface area (Å²) in [5.41, 5.74) is 1.06. The fraction of sp³-hybridized carbons (Fsp3) is 0.208. The molecule has 0 aliphatic heterocycles. The van der Waals surface area contributed by atoms with E-state index >= 15 is 0 Å². The Morgan fingerprint density at radius 1 is 1.06 bits per heavy atom. The van der Waals surface area contributed by atoms with Crippen molar-refractivity contribution in [3.05, 3.63) is 84.0 Å². The number of nitrogens with zero attached hydrogens (tertiary/aromatic N) is 2. The summed E-state index contributed by atoms with van der Waals surface area (Å²) in [6.07, 6.45) is -0.512. The van der Waals surface area contributed by atoms with Crippen LogP contribution in [-0.4, -0.2) is 21.9 Å². The van der Waals surface area contributed by atoms with E-state index < -0.39 is 6.10 Å². The van der Waals surface area contributed by atoms with E-state index in [9.17, 15) is 9.18 Å². The number of ether oxygens (including phenoxy) is 1. The Labute approximate surface area is 189 Å². The molecule has 3 aromatic carbocycles. The van der Waals surface area contributed by atoms with Crippen LogP contribution in [0, 0.1) is 5.82 Å². The largest absolute Gasteiger partial charge is 0.481 e. The van der Waals surface area contributed by atoms with Crippen LogP contribution in [0.1, 0.15) is 37.4 Å². The summed E-state index contributed by atoms with van der Waals surface area (Å²) in [7, 11) is 0. The molecule has 0 unspecified atom stereocenters. The molecule has 164 valence electrons. The van der Waals surface area contributed by atoms with Gasteiger partial charge in [-0.05, 0) is 54.4 Å². The van der Waals surface area contributed by atoms with Gasteiger partial charge in [-0.25, -0.2) is 4.39 Å². The highest BCUT2D eigenvalue weighted by Crippen LogP contribution is 2.26. The van der Waals surface area contributed by atoms with Crippen LogP contribution in [0.15, 0.2) is 76.4 Å². The number of hydrogen-bond acceptors (Lipinski definition) is 6. The summed E-state index contributed by atoms with van der Waals surface area (Å²) in [5.74, 6) is 0.444. The first-order chi connectivity index (χ1) is 15.5. The lowest BCUT2D eigenvalue weighted by Gasteiger charge is -2.16. The molecular weight excluding hydrogens is 429 g/mol. The maximum atomic E-state index is 13.0. The van der Waals surface area contributed by atoms with Crippen LogP contribution in [-0.2, 0) is 4.79 Å². The summed E-state index contributed by atoms with van der Waals surface area (Å²) in [6.45, 7) is 3.72. The lowest BCUT2D eigenvalue weighted by atomic mass is 10.00. The zero-order valence-electron chi connectivity index (χ0n) is 17.6. The van der Waals surface area contributed by atoms with Crippen LogP contribution < -0.4 is 10.1 Å². The molecule has 0 fully saturated rings. The van der Waals surface area contributed by atoms with Crippen molar-refractivity contribution in [2.24, 2.45) is 0 Å². The van der Waals surface area contributed by atoms with Crippen LogP contribution in [0.3, 0.4) is 0 Å². The van der Waals surface area contributed by atoms with Crippen molar-refractivity contribution in [2.45, 2.75) is 31.2 Å². The topological polar surface area (TPSA) is 77.2 Å². The molecule has 6 nitrogen and oxygen atoms in total. The van der Waals surface area contributed by atoms with Crippen LogP contribution in [0.5, 0.6) is 5.75 Å². The van der Waals surface area contributed by atoms with Crippen LogP contribution in [0.2, 0.25) is 0 Å². The fourth-order valence-electron chi connectivity index (χ4n) is 3.33. The van der Waals surface area contributed by atoms with E-state index in [1.54, 1.807) is 6.92 Å². The van der Waals surface area contributed by atoms with Crippen LogP contribution >= 0.6 is 11.8 Å². The van der Waals surface area contributed by atoms with Crippen LogP contribution in [0.4, 0.5) is 4.39 Å². The minimum absolute atomic E-state index is 0.134. The first-order valence-electron chi connectivity index (χ1n) is 10.1. The highest BCUT2D eigenvalue weighted by molar-refractivity contribution is 7.99. The Bertz CT molecular complexity index is 1210. The molecule has 1 amide bonds. The molecule has 1 heterocycles. The van der Waals surface area contributed by atoms with E-state index in [0.717, 1.165) is 28.1 Å². The maximum Gasteiger partial charge on any atom is 0.277 e. The number of rotatable bonds is 8. The number of nitrogens with one attached hydrogen (secondary N) is 1. The molecule has 2 atom stereocenters. The van der Waals surface area contributed by atoms with Gasteiger partial charge in [0, 0.05) is 0 Å². The molecule has 0 spiro atoms. The second kappa shape index (κ2) is 9.82. The van der Waals surface area contributed by atoms with Gasteiger partial charge in [0.15, 0.2) is 6.10 Å². The Kier molecular flexibility index (Phi) is 6.70. The van der Waals surface area contributed by atoms with Gasteiger partial charge in [0.25, 0.3) is 11.1 Å². The standard InChI is InChI=1S/C24H22FN3O3S/c1-15(20-9-5-7-17-6-3-4-8-21(17)20)26-22(29)14-32-24-28-27-23(31-24)16(2)30-19-12-10-18(25)11-13-19/h3-13,15-16H,14H2,1-2H3,(H,26,29)/t15-,16-/m0/s1. The van der Waals surface area contributed by atoms with Gasteiger partial charge >= 0.3 is 0 Å². The number of carbonyl (C=O) groups is 1. The van der Waals surface area contributed by atoms with Crippen molar-refractivity contribution in [3.8, 4) is 5.75 Å². The first-order valence-corrected chi connectivity index (χ1v) is 11.1. The lowest BCUT2D eigenvalue weighted by molar-refractivity contribution is -0.119. The highest BCUT2D eigenvalue weighted by atomic mass is 32.2. The average Bonchev–Trinajstić information content (AvgIpc) is 3.28. The normalized spacial score (nSPS) is 13.0. The summed E-state index contributed by atoms with van der Waals surface area (Å²) in [5, 5.41) is 13.5. The first kappa shape index (κ1) is 21.8. The number of hydrogen-bond donors (Lipinski definition) is 1. The Morgan fingerprint density at radius 2 is 1.81 bits per heavy atom. The van der Waals surface area contributed by atoms with Crippen molar-refractivity contribution in [2.75, 3.05) is 5.75 Å². The quantitative estimate of drug-likeness (QED) is 0.358. The van der Waals surface area contributed by atoms with Crippen LogP contribution in [0.25, 0.3) is 10.8 Å². The molecule has 1 N–H and O–H groups in total. The predicted octanol–water partition coefficient (Wildman–Crippen LogP) is 5.47. The minimum Gasteiger partial charge on any atom is -0.481 e. The van der Waals surface area contributed by atoms with Crippen molar-refractivity contribution in [1.82, 2.24) is 15.5 Å². The molecule has 32 heavy (non-hydrogen) atoms. The third-order valence-corrected chi connectivity index (χ3v) is 5.71. The number of amides is 1. The monoisotopic (exact) mass is 451 g/mol. The number of carbonyl (C=O) groups excluding carboxylic acids is 1. The van der Waals surface area contributed by atoms with E-state index in [-0.39, 0.29) is 34.6 Å². The van der Waals surface area contributed by atoms with E-state index in [0.29, 0.717) is 5.75 Å². The van der Waals surface area contributed by atoms with Gasteiger partial charge in [0.2, 0.25) is 5.91 Å². The molecule has 4 aromatic rings. The molecule has 0 aliphatic carbocycles. The maximum absolute atomic E-state index is 13.0.